The number of nitrogens with zero attached hydrogens (tertiary/aromatic N) is 2. The van der Waals surface area contributed by atoms with Crippen LogP contribution in [0.5, 0.6) is 11.5 Å². The first kappa shape index (κ1) is 26.9. The molecular weight excluding hydrogens is 489 g/mol. The molecule has 1 unspecified atom stereocenters. The second kappa shape index (κ2) is 12.0. The van der Waals surface area contributed by atoms with Crippen LogP contribution < -0.4 is 14.8 Å². The molecule has 1 fully saturated rings. The minimum atomic E-state index is -1.17. The summed E-state index contributed by atoms with van der Waals surface area (Å²) in [6.07, 6.45) is -0.900. The number of halogens is 1. The lowest BCUT2D eigenvalue weighted by Gasteiger charge is -2.34. The fourth-order valence-electron chi connectivity index (χ4n) is 5.73. The molecule has 9 heteroatoms. The Bertz CT molecular complexity index is 1120. The maximum Gasteiger partial charge on any atom is 0.255 e. The zero-order valence-electron chi connectivity index (χ0n) is 21.9. The number of benzene rings is 2. The highest BCUT2D eigenvalue weighted by atomic mass is 19.1. The minimum Gasteiger partial charge on any atom is -0.488 e. The number of β-amino-alcohol motifs (C(OH)–C–C–N with tert-alkyl or cyclic N) is 2. The summed E-state index contributed by atoms with van der Waals surface area (Å²) in [4.78, 5) is 17.1. The topological polar surface area (TPSA) is 94.5 Å². The molecule has 0 radical (unpaired) electrons. The van der Waals surface area contributed by atoms with Crippen LogP contribution >= 0.6 is 0 Å². The molecule has 1 saturated heterocycles. The van der Waals surface area contributed by atoms with Crippen molar-refractivity contribution in [1.82, 2.24) is 15.1 Å². The Kier molecular flexibility index (Phi) is 8.48. The lowest BCUT2D eigenvalue weighted by Crippen LogP contribution is -2.47. The Hall–Kier alpha value is -2.72. The summed E-state index contributed by atoms with van der Waals surface area (Å²) in [6, 6.07) is 13.0. The second-order valence-corrected chi connectivity index (χ2v) is 10.7. The van der Waals surface area contributed by atoms with Crippen molar-refractivity contribution in [2.24, 2.45) is 0 Å². The summed E-state index contributed by atoms with van der Waals surface area (Å²) in [5.74, 6) is 0.585. The largest absolute Gasteiger partial charge is 0.488 e. The molecule has 3 aliphatic heterocycles. The van der Waals surface area contributed by atoms with Gasteiger partial charge in [-0.25, -0.2) is 4.39 Å². The van der Waals surface area contributed by atoms with Crippen LogP contribution in [0.4, 0.5) is 4.39 Å². The van der Waals surface area contributed by atoms with Crippen molar-refractivity contribution in [1.29, 1.82) is 0 Å². The monoisotopic (exact) mass is 527 g/mol. The molecule has 206 valence electrons. The molecule has 8 nitrogen and oxygen atoms in total. The number of hydrogen-bond donors (Lipinski definition) is 3. The average Bonchev–Trinajstić information content (AvgIpc) is 3.01. The van der Waals surface area contributed by atoms with Gasteiger partial charge in [0, 0.05) is 45.3 Å². The van der Waals surface area contributed by atoms with Gasteiger partial charge in [0.15, 0.2) is 0 Å². The summed E-state index contributed by atoms with van der Waals surface area (Å²) < 4.78 is 26.8. The highest BCUT2D eigenvalue weighted by Crippen LogP contribution is 2.31. The predicted molar refractivity (Wildman–Crippen MR) is 141 cm³/mol. The molecule has 0 bridgehead atoms. The number of carbonyl (C=O) groups excluding carboxylic acids is 1. The standard InChI is InChI=1S/C29H38FN3O5/c1-19-26(14-22(35)17-33-10-8-20-4-2-3-5-21(20)16-33)31-29(36)24-7-6-23(15-28(24)37-19)38-27-9-11-32(12-13-34)18-25(27)30/h2-7,15,19,22,25-27,34-35H,8-14,16-18H2,1H3,(H,31,36)/t19-,22-,25-,26?,27-/m1/s1. The third kappa shape index (κ3) is 6.29. The number of piperidine rings is 1. The number of likely N-dealkylation sites (tertiary alicyclic amines) is 1. The number of alkyl halides is 1. The number of rotatable bonds is 8. The van der Waals surface area contributed by atoms with E-state index in [1.807, 2.05) is 17.9 Å². The molecule has 38 heavy (non-hydrogen) atoms. The van der Waals surface area contributed by atoms with Crippen LogP contribution in [0.15, 0.2) is 42.5 Å². The highest BCUT2D eigenvalue weighted by Gasteiger charge is 2.33. The van der Waals surface area contributed by atoms with E-state index in [9.17, 15) is 14.3 Å². The number of aliphatic hydroxyl groups is 2. The molecule has 0 aliphatic carbocycles. The Morgan fingerprint density at radius 1 is 1.18 bits per heavy atom. The van der Waals surface area contributed by atoms with Crippen LogP contribution in [-0.4, -0.2) is 95.8 Å². The van der Waals surface area contributed by atoms with Crippen molar-refractivity contribution in [2.45, 2.75) is 63.3 Å². The zero-order valence-corrected chi connectivity index (χ0v) is 21.9. The molecule has 3 N–H and O–H groups in total. The molecule has 2 aromatic rings. The van der Waals surface area contributed by atoms with Crippen LogP contribution in [0.25, 0.3) is 0 Å². The average molecular weight is 528 g/mol. The number of nitrogens with one attached hydrogen (secondary N) is 1. The first-order chi connectivity index (χ1) is 18.4. The van der Waals surface area contributed by atoms with E-state index >= 15 is 0 Å². The second-order valence-electron chi connectivity index (χ2n) is 10.7. The molecule has 1 amide bonds. The number of carbonyl (C=O) groups is 1. The predicted octanol–water partition coefficient (Wildman–Crippen LogP) is 2.16. The number of aliphatic hydroxyl groups excluding tert-OH is 2. The summed E-state index contributed by atoms with van der Waals surface area (Å²) in [5, 5.41) is 23.0. The van der Waals surface area contributed by atoms with Crippen LogP contribution in [0.3, 0.4) is 0 Å². The van der Waals surface area contributed by atoms with Gasteiger partial charge in [-0.2, -0.15) is 0 Å². The van der Waals surface area contributed by atoms with Crippen molar-refractivity contribution >= 4 is 5.91 Å². The maximum atomic E-state index is 14.7. The highest BCUT2D eigenvalue weighted by molar-refractivity contribution is 5.97. The normalized spacial score (nSPS) is 26.9. The van der Waals surface area contributed by atoms with Gasteiger partial charge in [-0.1, -0.05) is 24.3 Å². The van der Waals surface area contributed by atoms with Gasteiger partial charge >= 0.3 is 0 Å². The van der Waals surface area contributed by atoms with E-state index in [1.54, 1.807) is 18.2 Å². The van der Waals surface area contributed by atoms with Crippen LogP contribution in [0.2, 0.25) is 0 Å². The first-order valence-corrected chi connectivity index (χ1v) is 13.6. The number of fused-ring (bicyclic) bond motifs is 2. The van der Waals surface area contributed by atoms with Gasteiger partial charge in [0.1, 0.15) is 29.9 Å². The maximum absolute atomic E-state index is 14.7. The summed E-state index contributed by atoms with van der Waals surface area (Å²) >= 11 is 0. The SMILES string of the molecule is C[C@H]1Oc2cc(O[C@@H]3CCN(CCO)C[C@H]3F)ccc2C(=O)NC1C[C@@H](O)CN1CCc2ccccc2C1. The molecule has 0 spiro atoms. The van der Waals surface area contributed by atoms with E-state index in [2.05, 4.69) is 28.4 Å². The first-order valence-electron chi connectivity index (χ1n) is 13.6. The van der Waals surface area contributed by atoms with Crippen molar-refractivity contribution in [3.8, 4) is 11.5 Å². The Balaban J connectivity index is 1.18. The third-order valence-corrected chi connectivity index (χ3v) is 7.87. The van der Waals surface area contributed by atoms with Crippen molar-refractivity contribution in [3.63, 3.8) is 0 Å². The van der Waals surface area contributed by atoms with E-state index in [0.29, 0.717) is 49.5 Å². The molecule has 5 atom stereocenters. The van der Waals surface area contributed by atoms with Crippen LogP contribution in [0, 0.1) is 0 Å². The van der Waals surface area contributed by atoms with Crippen LogP contribution in [-0.2, 0) is 13.0 Å². The smallest absolute Gasteiger partial charge is 0.255 e. The summed E-state index contributed by atoms with van der Waals surface area (Å²) in [6.45, 7) is 5.45. The minimum absolute atomic E-state index is 0.00542. The summed E-state index contributed by atoms with van der Waals surface area (Å²) in [5.41, 5.74) is 3.06. The molecule has 5 rings (SSSR count). The van der Waals surface area contributed by atoms with Crippen molar-refractivity contribution < 1.29 is 28.9 Å². The van der Waals surface area contributed by atoms with Crippen molar-refractivity contribution in [2.75, 3.05) is 39.3 Å². The zero-order chi connectivity index (χ0) is 26.6. The van der Waals surface area contributed by atoms with Crippen LogP contribution in [0.1, 0.15) is 41.3 Å². The molecular formula is C29H38FN3O5. The third-order valence-electron chi connectivity index (χ3n) is 7.87. The van der Waals surface area contributed by atoms with Gasteiger partial charge in [0.2, 0.25) is 0 Å². The lowest BCUT2D eigenvalue weighted by atomic mass is 9.98. The Labute approximate surface area is 223 Å². The lowest BCUT2D eigenvalue weighted by molar-refractivity contribution is 0.0165. The summed E-state index contributed by atoms with van der Waals surface area (Å²) in [7, 11) is 0. The fourth-order valence-corrected chi connectivity index (χ4v) is 5.73. The van der Waals surface area contributed by atoms with Gasteiger partial charge in [0.25, 0.3) is 5.91 Å². The van der Waals surface area contributed by atoms with Crippen molar-refractivity contribution in [3.05, 3.63) is 59.2 Å². The van der Waals surface area contributed by atoms with E-state index in [4.69, 9.17) is 14.6 Å². The van der Waals surface area contributed by atoms with E-state index < -0.39 is 18.4 Å². The molecule has 0 saturated carbocycles. The van der Waals surface area contributed by atoms with E-state index in [-0.39, 0.29) is 31.2 Å². The van der Waals surface area contributed by atoms with Gasteiger partial charge in [-0.05, 0) is 49.4 Å². The molecule has 2 aromatic carbocycles. The molecule has 0 aromatic heterocycles. The quantitative estimate of drug-likeness (QED) is 0.484. The van der Waals surface area contributed by atoms with Gasteiger partial charge in [0.05, 0.1) is 24.3 Å². The number of ether oxygens (including phenoxy) is 2. The van der Waals surface area contributed by atoms with Gasteiger partial charge in [-0.15, -0.1) is 0 Å². The number of hydrogen-bond acceptors (Lipinski definition) is 7. The van der Waals surface area contributed by atoms with E-state index in [1.165, 1.54) is 11.1 Å². The fraction of sp³-hybridized carbons (Fsp3) is 0.552. The van der Waals surface area contributed by atoms with E-state index in [0.717, 1.165) is 19.5 Å². The molecule has 3 aliphatic rings. The van der Waals surface area contributed by atoms with Gasteiger partial charge in [-0.3, -0.25) is 14.6 Å². The number of amides is 1. The molecule has 3 heterocycles. The van der Waals surface area contributed by atoms with Gasteiger partial charge < -0.3 is 25.0 Å². The Morgan fingerprint density at radius 2 is 2.00 bits per heavy atom. The Morgan fingerprint density at radius 3 is 2.79 bits per heavy atom.